The third kappa shape index (κ3) is 10.2. The van der Waals surface area contributed by atoms with E-state index >= 15 is 0 Å². The quantitative estimate of drug-likeness (QED) is 0.288. The molecule has 0 aliphatic carbocycles. The van der Waals surface area contributed by atoms with Crippen molar-refractivity contribution >= 4 is 29.7 Å². The van der Waals surface area contributed by atoms with E-state index in [2.05, 4.69) is 20.6 Å². The van der Waals surface area contributed by atoms with E-state index in [9.17, 15) is 19.2 Å². The summed E-state index contributed by atoms with van der Waals surface area (Å²) in [5, 5.41) is 6.13. The Balaban J connectivity index is 1.58. The maximum absolute atomic E-state index is 13.9. The van der Waals surface area contributed by atoms with Gasteiger partial charge in [0.25, 0.3) is 5.91 Å². The summed E-state index contributed by atoms with van der Waals surface area (Å²) in [5.74, 6) is -1.35. The average Bonchev–Trinajstić information content (AvgIpc) is 3.06. The highest BCUT2D eigenvalue weighted by atomic mass is 16.6. The van der Waals surface area contributed by atoms with Gasteiger partial charge >= 0.3 is 12.1 Å². The number of anilines is 1. The maximum Gasteiger partial charge on any atom is 0.409 e. The Bertz CT molecular complexity index is 1520. The lowest BCUT2D eigenvalue weighted by atomic mass is 9.99. The first-order valence-corrected chi connectivity index (χ1v) is 15.9. The van der Waals surface area contributed by atoms with Gasteiger partial charge in [-0.25, -0.2) is 14.8 Å². The molecular formula is C35H44N6O6. The van der Waals surface area contributed by atoms with E-state index < -0.39 is 35.5 Å². The zero-order valence-corrected chi connectivity index (χ0v) is 27.7. The Morgan fingerprint density at radius 3 is 2.13 bits per heavy atom. The molecular weight excluding hydrogens is 600 g/mol. The lowest BCUT2D eigenvalue weighted by Crippen LogP contribution is -2.56. The lowest BCUT2D eigenvalue weighted by Gasteiger charge is -2.36. The van der Waals surface area contributed by atoms with Crippen molar-refractivity contribution in [1.82, 2.24) is 25.1 Å². The average molecular weight is 645 g/mol. The number of hydrogen-bond donors (Lipinski definition) is 2. The van der Waals surface area contributed by atoms with Gasteiger partial charge in [-0.15, -0.1) is 0 Å². The van der Waals surface area contributed by atoms with Gasteiger partial charge in [0.2, 0.25) is 5.91 Å². The molecule has 0 radical (unpaired) electrons. The molecule has 2 aromatic carbocycles. The minimum Gasteiger partial charge on any atom is -0.460 e. The van der Waals surface area contributed by atoms with Crippen molar-refractivity contribution < 1.29 is 28.7 Å². The Morgan fingerprint density at radius 1 is 0.894 bits per heavy atom. The molecule has 0 spiro atoms. The molecule has 2 unspecified atom stereocenters. The Kier molecular flexibility index (Phi) is 11.9. The van der Waals surface area contributed by atoms with Crippen LogP contribution in [0.2, 0.25) is 0 Å². The summed E-state index contributed by atoms with van der Waals surface area (Å²) >= 11 is 0. The first kappa shape index (κ1) is 34.9. The number of nitrogens with zero attached hydrogens (tertiary/aromatic N) is 4. The van der Waals surface area contributed by atoms with Crippen LogP contribution in [0.3, 0.4) is 0 Å². The van der Waals surface area contributed by atoms with Crippen LogP contribution in [0.4, 0.5) is 10.6 Å². The van der Waals surface area contributed by atoms with E-state index in [-0.39, 0.29) is 50.8 Å². The van der Waals surface area contributed by atoms with Crippen LogP contribution < -0.4 is 10.6 Å². The number of piperazine rings is 1. The number of esters is 1. The zero-order valence-electron chi connectivity index (χ0n) is 27.7. The van der Waals surface area contributed by atoms with Gasteiger partial charge in [-0.2, -0.15) is 0 Å². The topological polar surface area (TPSA) is 143 Å². The number of benzene rings is 2. The van der Waals surface area contributed by atoms with Crippen molar-refractivity contribution in [1.29, 1.82) is 0 Å². The smallest absolute Gasteiger partial charge is 0.409 e. The van der Waals surface area contributed by atoms with Crippen molar-refractivity contribution in [2.24, 2.45) is 5.92 Å². The fourth-order valence-corrected chi connectivity index (χ4v) is 5.01. The number of hydrogen-bond acceptors (Lipinski definition) is 9. The summed E-state index contributed by atoms with van der Waals surface area (Å²) in [4.78, 5) is 65.2. The molecule has 1 aliphatic rings. The molecule has 0 bridgehead atoms. The minimum atomic E-state index is -1.06. The van der Waals surface area contributed by atoms with E-state index in [1.807, 2.05) is 60.7 Å². The molecule has 47 heavy (non-hydrogen) atoms. The van der Waals surface area contributed by atoms with Gasteiger partial charge in [-0.1, -0.05) is 67.6 Å². The van der Waals surface area contributed by atoms with Crippen LogP contribution in [0.25, 0.3) is 11.4 Å². The van der Waals surface area contributed by atoms with Crippen LogP contribution in [0.15, 0.2) is 66.7 Å². The summed E-state index contributed by atoms with van der Waals surface area (Å²) in [6.07, 6.45) is -0.425. The van der Waals surface area contributed by atoms with Gasteiger partial charge in [-0.05, 0) is 39.7 Å². The lowest BCUT2D eigenvalue weighted by molar-refractivity contribution is -0.160. The van der Waals surface area contributed by atoms with Crippen LogP contribution >= 0.6 is 0 Å². The molecule has 1 saturated heterocycles. The van der Waals surface area contributed by atoms with Crippen molar-refractivity contribution in [3.05, 3.63) is 78.0 Å². The van der Waals surface area contributed by atoms with Gasteiger partial charge in [0.1, 0.15) is 23.2 Å². The number of rotatable bonds is 11. The normalized spacial score (nSPS) is 14.5. The third-order valence-corrected chi connectivity index (χ3v) is 7.43. The molecule has 1 aromatic heterocycles. The van der Waals surface area contributed by atoms with Crippen molar-refractivity contribution in [3.63, 3.8) is 0 Å². The standard InChI is InChI=1S/C35H44N6O6/c1-6-46-34(45)41-19-17-40(18-20-41)32(43)28(21-24(2)33(44)47-35(3,4)5)38-31(42)27-22-29(36-23-25-13-9-7-10-14-25)39-30(37-27)26-15-11-8-12-16-26/h7-16,22,24,28H,6,17-21,23H2,1-5H3,(H,38,42)(H,36,37,39). The number of amides is 3. The van der Waals surface area contributed by atoms with E-state index in [0.717, 1.165) is 11.1 Å². The van der Waals surface area contributed by atoms with Crippen LogP contribution in [0, 0.1) is 5.92 Å². The first-order valence-electron chi connectivity index (χ1n) is 15.9. The maximum atomic E-state index is 13.9. The number of ether oxygens (including phenoxy) is 2. The molecule has 1 fully saturated rings. The Hall–Kier alpha value is -5.00. The summed E-state index contributed by atoms with van der Waals surface area (Å²) in [7, 11) is 0. The summed E-state index contributed by atoms with van der Waals surface area (Å²) in [5.41, 5.74) is 1.10. The molecule has 12 nitrogen and oxygen atoms in total. The molecule has 3 aromatic rings. The third-order valence-electron chi connectivity index (χ3n) is 7.43. The highest BCUT2D eigenvalue weighted by Gasteiger charge is 2.34. The first-order chi connectivity index (χ1) is 22.4. The van der Waals surface area contributed by atoms with Crippen LogP contribution in [-0.4, -0.2) is 88.1 Å². The second kappa shape index (κ2) is 16.0. The number of nitrogens with one attached hydrogen (secondary N) is 2. The number of aromatic nitrogens is 2. The molecule has 250 valence electrons. The molecule has 2 atom stereocenters. The predicted octanol–water partition coefficient (Wildman–Crippen LogP) is 4.52. The van der Waals surface area contributed by atoms with Gasteiger partial charge in [0, 0.05) is 44.4 Å². The van der Waals surface area contributed by atoms with Gasteiger partial charge < -0.3 is 29.9 Å². The van der Waals surface area contributed by atoms with Gasteiger partial charge in [-0.3, -0.25) is 14.4 Å². The molecule has 1 aliphatic heterocycles. The fraction of sp³-hybridized carbons (Fsp3) is 0.429. The number of carbonyl (C=O) groups is 4. The van der Waals surface area contributed by atoms with Crippen molar-refractivity contribution in [3.8, 4) is 11.4 Å². The Labute approximate surface area is 275 Å². The van der Waals surface area contributed by atoms with E-state index in [1.165, 1.54) is 0 Å². The monoisotopic (exact) mass is 644 g/mol. The number of carbonyl (C=O) groups excluding carboxylic acids is 4. The molecule has 4 rings (SSSR count). The molecule has 3 amide bonds. The Morgan fingerprint density at radius 2 is 1.51 bits per heavy atom. The summed E-state index contributed by atoms with van der Waals surface area (Å²) in [6, 6.07) is 19.6. The predicted molar refractivity (Wildman–Crippen MR) is 177 cm³/mol. The van der Waals surface area contributed by atoms with E-state index in [1.54, 1.807) is 50.5 Å². The molecule has 12 heteroatoms. The van der Waals surface area contributed by atoms with Gasteiger partial charge in [0.05, 0.1) is 12.5 Å². The van der Waals surface area contributed by atoms with Crippen LogP contribution in [0.1, 0.15) is 57.1 Å². The highest BCUT2D eigenvalue weighted by Crippen LogP contribution is 2.21. The second-order valence-corrected chi connectivity index (χ2v) is 12.4. The molecule has 2 heterocycles. The van der Waals surface area contributed by atoms with Crippen molar-refractivity contribution in [2.75, 3.05) is 38.1 Å². The van der Waals surface area contributed by atoms with Crippen LogP contribution in [-0.2, 0) is 25.6 Å². The van der Waals surface area contributed by atoms with E-state index in [0.29, 0.717) is 18.2 Å². The zero-order chi connectivity index (χ0) is 34.0. The van der Waals surface area contributed by atoms with Crippen molar-refractivity contribution in [2.45, 2.75) is 59.2 Å². The fourth-order valence-electron chi connectivity index (χ4n) is 5.01. The molecule has 2 N–H and O–H groups in total. The highest BCUT2D eigenvalue weighted by molar-refractivity contribution is 5.97. The summed E-state index contributed by atoms with van der Waals surface area (Å²) < 4.78 is 10.7. The van der Waals surface area contributed by atoms with Crippen LogP contribution in [0.5, 0.6) is 0 Å². The minimum absolute atomic E-state index is 0.00726. The SMILES string of the molecule is CCOC(=O)N1CCN(C(=O)C(CC(C)C(=O)OC(C)(C)C)NC(=O)c2cc(NCc3ccccc3)nc(-c3ccccc3)n2)CC1. The molecule has 0 saturated carbocycles. The second-order valence-electron chi connectivity index (χ2n) is 12.4. The largest absolute Gasteiger partial charge is 0.460 e. The summed E-state index contributed by atoms with van der Waals surface area (Å²) in [6.45, 7) is 10.5. The van der Waals surface area contributed by atoms with Gasteiger partial charge in [0.15, 0.2) is 5.82 Å². The van der Waals surface area contributed by atoms with E-state index in [4.69, 9.17) is 9.47 Å².